The van der Waals surface area contributed by atoms with Gasteiger partial charge in [0.1, 0.15) is 0 Å². The van der Waals surface area contributed by atoms with E-state index in [-0.39, 0.29) is 18.5 Å². The molecule has 0 aromatic rings. The van der Waals surface area contributed by atoms with E-state index >= 15 is 0 Å². The van der Waals surface area contributed by atoms with E-state index in [0.29, 0.717) is 19.4 Å². The number of hydrogen-bond donors (Lipinski definition) is 3. The highest BCUT2D eigenvalue weighted by Gasteiger charge is 2.18. The van der Waals surface area contributed by atoms with Gasteiger partial charge in [-0.3, -0.25) is 9.59 Å². The molecule has 432 valence electrons. The van der Waals surface area contributed by atoms with E-state index in [1.165, 1.54) is 218 Å². The molecule has 0 fully saturated rings. The van der Waals surface area contributed by atoms with Crippen LogP contribution in [0.15, 0.2) is 60.8 Å². The van der Waals surface area contributed by atoms with Crippen LogP contribution < -0.4 is 5.32 Å². The molecule has 0 rings (SSSR count). The van der Waals surface area contributed by atoms with Crippen molar-refractivity contribution in [3.05, 3.63) is 60.8 Å². The highest BCUT2D eigenvalue weighted by atomic mass is 16.5. The van der Waals surface area contributed by atoms with E-state index in [0.717, 1.165) is 89.9 Å². The zero-order valence-corrected chi connectivity index (χ0v) is 49.3. The molecule has 0 saturated heterocycles. The van der Waals surface area contributed by atoms with Gasteiger partial charge in [0, 0.05) is 12.8 Å². The van der Waals surface area contributed by atoms with Crippen molar-refractivity contribution in [2.24, 2.45) is 0 Å². The molecule has 0 aromatic carbocycles. The minimum Gasteiger partial charge on any atom is -0.466 e. The Kier molecular flexibility index (Phi) is 61.0. The molecule has 0 aliphatic rings. The summed E-state index contributed by atoms with van der Waals surface area (Å²) in [5.74, 6) is -0.105. The van der Waals surface area contributed by atoms with Gasteiger partial charge in [0.05, 0.1) is 25.4 Å². The number of amides is 1. The second-order valence-corrected chi connectivity index (χ2v) is 22.1. The van der Waals surface area contributed by atoms with Crippen LogP contribution in [-0.4, -0.2) is 47.4 Å². The van der Waals surface area contributed by atoms with Gasteiger partial charge >= 0.3 is 5.97 Å². The first-order valence-corrected chi connectivity index (χ1v) is 32.6. The number of allylic oxidation sites excluding steroid dienone is 9. The normalized spacial score (nSPS) is 13.0. The Balaban J connectivity index is 3.51. The van der Waals surface area contributed by atoms with Gasteiger partial charge in [-0.25, -0.2) is 0 Å². The van der Waals surface area contributed by atoms with Crippen molar-refractivity contribution in [1.29, 1.82) is 0 Å². The summed E-state index contributed by atoms with van der Waals surface area (Å²) in [6, 6.07) is -0.639. The van der Waals surface area contributed by atoms with Crippen molar-refractivity contribution >= 4 is 11.9 Å². The molecule has 0 bridgehead atoms. The molecule has 0 radical (unpaired) electrons. The third kappa shape index (κ3) is 58.8. The molecule has 0 aliphatic carbocycles. The molecule has 74 heavy (non-hydrogen) atoms. The van der Waals surface area contributed by atoms with E-state index < -0.39 is 12.1 Å². The summed E-state index contributed by atoms with van der Waals surface area (Å²) >= 11 is 0. The SMILES string of the molecule is CCCC/C=C\C/C=C\CCCCCCCC(=O)OCCCCC/C=C\C=C/CCCCCCCCCCCCC(=O)NC(CO)C(O)/C=C/CCCCCCCCCCCCCCCCCCCCCCCC. The first-order chi connectivity index (χ1) is 36.5. The quantitative estimate of drug-likeness (QED) is 0.0244. The minimum atomic E-state index is -0.854. The molecule has 2 unspecified atom stereocenters. The fraction of sp³-hybridized carbons (Fsp3) is 0.824. The van der Waals surface area contributed by atoms with Crippen LogP contribution in [0.1, 0.15) is 335 Å². The van der Waals surface area contributed by atoms with Crippen molar-refractivity contribution in [3.63, 3.8) is 0 Å². The maximum absolute atomic E-state index is 12.5. The molecule has 6 heteroatoms. The lowest BCUT2D eigenvalue weighted by atomic mass is 10.0. The summed E-state index contributed by atoms with van der Waals surface area (Å²) in [6.45, 7) is 4.83. The highest BCUT2D eigenvalue weighted by Crippen LogP contribution is 2.17. The van der Waals surface area contributed by atoms with Crippen molar-refractivity contribution in [2.45, 2.75) is 347 Å². The van der Waals surface area contributed by atoms with Crippen LogP contribution in [-0.2, 0) is 14.3 Å². The Hall–Kier alpha value is -2.44. The molecule has 0 heterocycles. The molecule has 3 N–H and O–H groups in total. The van der Waals surface area contributed by atoms with Crippen molar-refractivity contribution in [2.75, 3.05) is 13.2 Å². The van der Waals surface area contributed by atoms with Gasteiger partial charge in [-0.15, -0.1) is 0 Å². The lowest BCUT2D eigenvalue weighted by molar-refractivity contribution is -0.143. The number of aliphatic hydroxyl groups excluding tert-OH is 2. The third-order valence-corrected chi connectivity index (χ3v) is 14.8. The molecule has 1 amide bonds. The minimum absolute atomic E-state index is 0.0290. The van der Waals surface area contributed by atoms with E-state index in [2.05, 4.69) is 67.8 Å². The summed E-state index contributed by atoms with van der Waals surface area (Å²) in [5, 5.41) is 23.2. The predicted molar refractivity (Wildman–Crippen MR) is 324 cm³/mol. The fourth-order valence-corrected chi connectivity index (χ4v) is 9.76. The lowest BCUT2D eigenvalue weighted by Crippen LogP contribution is -2.45. The molecule has 6 nitrogen and oxygen atoms in total. The topological polar surface area (TPSA) is 95.9 Å². The standard InChI is InChI=1S/C68H125NO5/c1-3-5-7-9-11-13-15-17-19-20-21-22-23-24-25-27-30-33-36-40-44-48-52-56-60-66(71)65(64-70)69-67(72)61-57-53-49-45-41-37-34-31-28-26-29-32-35-39-43-47-51-55-59-63-74-68(73)62-58-54-50-46-42-38-18-16-14-12-10-8-6-4-2/h10,12,16,18,32,35,39,43,56,60,65-66,70-71H,3-9,11,13-15,17,19-31,33-34,36-38,40-42,44-55,57-59,61-64H2,1-2H3,(H,69,72)/b12-10-,18-16-,35-32-,43-39-,60-56+. The van der Waals surface area contributed by atoms with E-state index in [9.17, 15) is 19.8 Å². The Morgan fingerprint density at radius 1 is 0.392 bits per heavy atom. The van der Waals surface area contributed by atoms with Gasteiger partial charge in [0.25, 0.3) is 0 Å². The van der Waals surface area contributed by atoms with Crippen LogP contribution in [0.3, 0.4) is 0 Å². The maximum Gasteiger partial charge on any atom is 0.305 e. The van der Waals surface area contributed by atoms with Crippen molar-refractivity contribution < 1.29 is 24.5 Å². The number of rotatable bonds is 60. The van der Waals surface area contributed by atoms with Crippen LogP contribution >= 0.6 is 0 Å². The number of carbonyl (C=O) groups excluding carboxylic acids is 2. The zero-order chi connectivity index (χ0) is 53.6. The van der Waals surface area contributed by atoms with Gasteiger partial charge in [-0.1, -0.05) is 293 Å². The van der Waals surface area contributed by atoms with Crippen LogP contribution in [0.2, 0.25) is 0 Å². The second kappa shape index (κ2) is 63.1. The Bertz CT molecular complexity index is 1290. The molecule has 0 aliphatic heterocycles. The summed E-state index contributed by atoms with van der Waals surface area (Å²) < 4.78 is 5.44. The molecule has 0 aromatic heterocycles. The number of ether oxygens (including phenoxy) is 1. The number of unbranched alkanes of at least 4 members (excludes halogenated alkanes) is 42. The Morgan fingerprint density at radius 3 is 1.15 bits per heavy atom. The van der Waals surface area contributed by atoms with Crippen molar-refractivity contribution in [1.82, 2.24) is 5.32 Å². The van der Waals surface area contributed by atoms with Crippen LogP contribution in [0.5, 0.6) is 0 Å². The van der Waals surface area contributed by atoms with Crippen LogP contribution in [0.25, 0.3) is 0 Å². The number of hydrogen-bond acceptors (Lipinski definition) is 5. The largest absolute Gasteiger partial charge is 0.466 e. The van der Waals surface area contributed by atoms with E-state index in [4.69, 9.17) is 4.74 Å². The van der Waals surface area contributed by atoms with E-state index in [1.807, 2.05) is 6.08 Å². The fourth-order valence-electron chi connectivity index (χ4n) is 9.76. The summed E-state index contributed by atoms with van der Waals surface area (Å²) in [4.78, 5) is 24.5. The molecule has 2 atom stereocenters. The number of nitrogens with one attached hydrogen (secondary N) is 1. The molecule has 0 saturated carbocycles. The summed E-state index contributed by atoms with van der Waals surface area (Å²) in [5.41, 5.74) is 0. The first-order valence-electron chi connectivity index (χ1n) is 32.6. The Morgan fingerprint density at radius 2 is 0.730 bits per heavy atom. The van der Waals surface area contributed by atoms with Crippen molar-refractivity contribution in [3.8, 4) is 0 Å². The monoisotopic (exact) mass is 1040 g/mol. The predicted octanol–water partition coefficient (Wildman–Crippen LogP) is 20.7. The highest BCUT2D eigenvalue weighted by molar-refractivity contribution is 5.76. The second-order valence-electron chi connectivity index (χ2n) is 22.1. The molecular formula is C68H125NO5. The van der Waals surface area contributed by atoms with Gasteiger partial charge in [-0.2, -0.15) is 0 Å². The van der Waals surface area contributed by atoms with Gasteiger partial charge in [-0.05, 0) is 89.9 Å². The van der Waals surface area contributed by atoms with Gasteiger partial charge < -0.3 is 20.3 Å². The number of carbonyl (C=O) groups is 2. The Labute approximate surface area is 460 Å². The third-order valence-electron chi connectivity index (χ3n) is 14.8. The first kappa shape index (κ1) is 71.6. The average molecular weight is 1040 g/mol. The van der Waals surface area contributed by atoms with E-state index in [1.54, 1.807) is 6.08 Å². The average Bonchev–Trinajstić information content (AvgIpc) is 3.40. The summed E-state index contributed by atoms with van der Waals surface area (Å²) in [7, 11) is 0. The van der Waals surface area contributed by atoms with Gasteiger partial charge in [0.15, 0.2) is 0 Å². The lowest BCUT2D eigenvalue weighted by Gasteiger charge is -2.20. The number of esters is 1. The van der Waals surface area contributed by atoms with Crippen LogP contribution in [0, 0.1) is 0 Å². The molecular weight excluding hydrogens is 911 g/mol. The molecule has 0 spiro atoms. The summed E-state index contributed by atoms with van der Waals surface area (Å²) in [6.07, 6.45) is 82.7. The van der Waals surface area contributed by atoms with Crippen LogP contribution in [0.4, 0.5) is 0 Å². The maximum atomic E-state index is 12.5. The van der Waals surface area contributed by atoms with Gasteiger partial charge in [0.2, 0.25) is 5.91 Å². The number of aliphatic hydroxyl groups is 2. The smallest absolute Gasteiger partial charge is 0.305 e. The zero-order valence-electron chi connectivity index (χ0n) is 49.3.